The van der Waals surface area contributed by atoms with Crippen molar-refractivity contribution in [1.29, 1.82) is 0 Å². The average Bonchev–Trinajstić information content (AvgIpc) is 3.36. The van der Waals surface area contributed by atoms with Crippen LogP contribution in [0.25, 0.3) is 0 Å². The molecule has 2 fully saturated rings. The fourth-order valence-electron chi connectivity index (χ4n) is 5.47. The van der Waals surface area contributed by atoms with Crippen LogP contribution in [0.4, 0.5) is 22.2 Å². The Morgan fingerprint density at radius 1 is 1.09 bits per heavy atom. The minimum absolute atomic E-state index is 0.134. The van der Waals surface area contributed by atoms with E-state index in [9.17, 15) is 9.90 Å². The predicted octanol–water partition coefficient (Wildman–Crippen LogP) is 4.55. The number of fused-ring (bicyclic) bond motifs is 1. The van der Waals surface area contributed by atoms with E-state index in [-0.39, 0.29) is 12.1 Å². The number of nitrogens with zero attached hydrogens (tertiary/aromatic N) is 3. The molecule has 8 heteroatoms. The molecule has 2 aliphatic carbocycles. The molecule has 35 heavy (non-hydrogen) atoms. The number of carbonyl (C=O) groups excluding carboxylic acids is 1. The van der Waals surface area contributed by atoms with Crippen molar-refractivity contribution in [2.45, 2.75) is 89.3 Å². The van der Waals surface area contributed by atoms with Crippen LogP contribution in [0.3, 0.4) is 0 Å². The number of hydrogen-bond donors (Lipinski definition) is 4. The van der Waals surface area contributed by atoms with Crippen molar-refractivity contribution in [1.82, 2.24) is 15.3 Å². The molecule has 1 aromatic carbocycles. The van der Waals surface area contributed by atoms with Gasteiger partial charge in [0.25, 0.3) is 0 Å². The van der Waals surface area contributed by atoms with Crippen LogP contribution in [0.15, 0.2) is 30.5 Å². The second kappa shape index (κ2) is 10.7. The number of unbranched alkanes of at least 4 members (excludes halogenated alkanes) is 1. The number of nitrogens with one attached hydrogen (secondary N) is 3. The molecule has 0 bridgehead atoms. The van der Waals surface area contributed by atoms with Gasteiger partial charge in [0.15, 0.2) is 5.71 Å². The Morgan fingerprint density at radius 2 is 1.83 bits per heavy atom. The summed E-state index contributed by atoms with van der Waals surface area (Å²) in [5, 5.41) is 19.4. The molecular weight excluding hydrogens is 440 g/mol. The number of aromatic nitrogens is 2. The van der Waals surface area contributed by atoms with Gasteiger partial charge in [-0.1, -0.05) is 26.2 Å². The Balaban J connectivity index is 1.35. The molecule has 186 valence electrons. The maximum Gasteiger partial charge on any atom is 0.341 e. The highest BCUT2D eigenvalue weighted by Gasteiger charge is 2.42. The second-order valence-electron chi connectivity index (χ2n) is 10.0. The third-order valence-corrected chi connectivity index (χ3v) is 7.44. The summed E-state index contributed by atoms with van der Waals surface area (Å²) in [6.07, 6.45) is 11.9. The zero-order chi connectivity index (χ0) is 24.2. The SMILES string of the molecule is CCCCNc1ncc2c(n1)[N+](C1CCC(O)CC1)=C2c1ccc(NC(=O)NC2CCCC2)cc1. The van der Waals surface area contributed by atoms with E-state index in [1.165, 1.54) is 12.8 Å². The summed E-state index contributed by atoms with van der Waals surface area (Å²) in [4.78, 5) is 21.8. The summed E-state index contributed by atoms with van der Waals surface area (Å²) in [5.74, 6) is 1.64. The van der Waals surface area contributed by atoms with E-state index in [1.807, 2.05) is 18.3 Å². The first-order valence-corrected chi connectivity index (χ1v) is 13.3. The number of carbonyl (C=O) groups is 1. The monoisotopic (exact) mass is 477 g/mol. The van der Waals surface area contributed by atoms with E-state index in [0.717, 1.165) is 86.3 Å². The van der Waals surface area contributed by atoms with E-state index in [0.29, 0.717) is 18.0 Å². The molecule has 0 saturated heterocycles. The van der Waals surface area contributed by atoms with Gasteiger partial charge >= 0.3 is 17.8 Å². The fourth-order valence-corrected chi connectivity index (χ4v) is 5.47. The highest BCUT2D eigenvalue weighted by atomic mass is 16.3. The lowest BCUT2D eigenvalue weighted by atomic mass is 9.88. The van der Waals surface area contributed by atoms with Gasteiger partial charge in [-0.25, -0.2) is 9.37 Å². The molecule has 2 aromatic rings. The minimum atomic E-state index is -0.201. The maximum absolute atomic E-state index is 12.4. The van der Waals surface area contributed by atoms with Crippen molar-refractivity contribution in [2.24, 2.45) is 0 Å². The molecule has 4 N–H and O–H groups in total. The van der Waals surface area contributed by atoms with Crippen molar-refractivity contribution >= 4 is 29.2 Å². The summed E-state index contributed by atoms with van der Waals surface area (Å²) < 4.78 is 2.34. The lowest BCUT2D eigenvalue weighted by molar-refractivity contribution is -0.504. The van der Waals surface area contributed by atoms with Gasteiger partial charge in [0.1, 0.15) is 11.6 Å². The highest BCUT2D eigenvalue weighted by Crippen LogP contribution is 2.37. The van der Waals surface area contributed by atoms with Crippen LogP contribution >= 0.6 is 0 Å². The zero-order valence-electron chi connectivity index (χ0n) is 20.6. The molecule has 3 aliphatic rings. The van der Waals surface area contributed by atoms with E-state index in [1.54, 1.807) is 0 Å². The number of benzene rings is 1. The quantitative estimate of drug-likeness (QED) is 0.330. The van der Waals surface area contributed by atoms with E-state index in [4.69, 9.17) is 4.98 Å². The number of aliphatic hydroxyl groups is 1. The minimum Gasteiger partial charge on any atom is -0.393 e. The Kier molecular flexibility index (Phi) is 7.27. The average molecular weight is 478 g/mol. The van der Waals surface area contributed by atoms with Gasteiger partial charge < -0.3 is 21.1 Å². The topological polar surface area (TPSA) is 102 Å². The Hall–Kier alpha value is -3.00. The Morgan fingerprint density at radius 3 is 2.54 bits per heavy atom. The van der Waals surface area contributed by atoms with Crippen LogP contribution in [-0.4, -0.2) is 56.1 Å². The zero-order valence-corrected chi connectivity index (χ0v) is 20.6. The Labute approximate surface area is 207 Å². The van der Waals surface area contributed by atoms with Crippen molar-refractivity contribution in [2.75, 3.05) is 17.2 Å². The molecule has 0 radical (unpaired) electrons. The van der Waals surface area contributed by atoms with Gasteiger partial charge in [-0.2, -0.15) is 4.98 Å². The van der Waals surface area contributed by atoms with Crippen molar-refractivity contribution in [3.63, 3.8) is 0 Å². The summed E-state index contributed by atoms with van der Waals surface area (Å²) in [6.45, 7) is 3.04. The number of aliphatic hydroxyl groups excluding tert-OH is 1. The molecular formula is C27H37N6O2+. The number of rotatable bonds is 8. The van der Waals surface area contributed by atoms with Crippen LogP contribution in [0.1, 0.15) is 82.3 Å². The van der Waals surface area contributed by atoms with Crippen molar-refractivity contribution in [3.05, 3.63) is 41.6 Å². The van der Waals surface area contributed by atoms with Crippen LogP contribution in [0.2, 0.25) is 0 Å². The van der Waals surface area contributed by atoms with Crippen molar-refractivity contribution < 1.29 is 14.5 Å². The molecule has 1 aliphatic heterocycles. The van der Waals surface area contributed by atoms with Crippen LogP contribution in [0.5, 0.6) is 0 Å². The molecule has 1 aromatic heterocycles. The maximum atomic E-state index is 12.4. The lowest BCUT2D eigenvalue weighted by Gasteiger charge is -2.31. The fraction of sp³-hybridized carbons (Fsp3) is 0.556. The summed E-state index contributed by atoms with van der Waals surface area (Å²) in [5.41, 5.74) is 4.05. The lowest BCUT2D eigenvalue weighted by Crippen LogP contribution is -2.41. The normalized spacial score (nSPS) is 21.9. The molecule has 0 spiro atoms. The van der Waals surface area contributed by atoms with Gasteiger partial charge in [0.2, 0.25) is 0 Å². The third kappa shape index (κ3) is 5.32. The van der Waals surface area contributed by atoms with E-state index >= 15 is 0 Å². The number of amides is 2. The highest BCUT2D eigenvalue weighted by molar-refractivity contribution is 6.15. The van der Waals surface area contributed by atoms with E-state index in [2.05, 4.69) is 44.6 Å². The van der Waals surface area contributed by atoms with Gasteiger partial charge in [-0.3, -0.25) is 0 Å². The van der Waals surface area contributed by atoms with Gasteiger partial charge in [-0.15, -0.1) is 0 Å². The smallest absolute Gasteiger partial charge is 0.341 e. The largest absolute Gasteiger partial charge is 0.393 e. The van der Waals surface area contributed by atoms with Gasteiger partial charge in [0, 0.05) is 23.8 Å². The summed E-state index contributed by atoms with van der Waals surface area (Å²) in [6, 6.07) is 8.50. The first-order valence-electron chi connectivity index (χ1n) is 13.3. The molecule has 2 heterocycles. The van der Waals surface area contributed by atoms with Crippen LogP contribution in [0, 0.1) is 0 Å². The summed E-state index contributed by atoms with van der Waals surface area (Å²) >= 11 is 0. The van der Waals surface area contributed by atoms with E-state index < -0.39 is 0 Å². The van der Waals surface area contributed by atoms with Gasteiger partial charge in [-0.05, 0) is 74.2 Å². The number of urea groups is 1. The standard InChI is InChI=1S/C27H36N6O2/c1-2-3-16-28-26-29-17-23-24(33(25(23)32-26)21-12-14-22(34)15-13-21)18-8-10-20(11-9-18)31-27(35)30-19-6-4-5-7-19/h8-11,17,19,21-22,34H,2-7,12-16H2,1H3,(H2,28,29,30,31,32,35)/p+1. The summed E-state index contributed by atoms with van der Waals surface area (Å²) in [7, 11) is 0. The predicted molar refractivity (Wildman–Crippen MR) is 138 cm³/mol. The molecule has 8 nitrogen and oxygen atoms in total. The van der Waals surface area contributed by atoms with Crippen molar-refractivity contribution in [3.8, 4) is 0 Å². The van der Waals surface area contributed by atoms with Gasteiger partial charge in [0.05, 0.1) is 12.3 Å². The number of hydrogen-bond acceptors (Lipinski definition) is 5. The molecule has 0 atom stereocenters. The molecule has 2 amide bonds. The second-order valence-corrected chi connectivity index (χ2v) is 10.0. The first kappa shape index (κ1) is 23.7. The van der Waals surface area contributed by atoms with Crippen LogP contribution in [-0.2, 0) is 0 Å². The number of anilines is 2. The van der Waals surface area contributed by atoms with Crippen LogP contribution < -0.4 is 16.0 Å². The molecule has 5 rings (SSSR count). The Bertz CT molecular complexity index is 1070. The third-order valence-electron chi connectivity index (χ3n) is 7.44. The first-order chi connectivity index (χ1) is 17.1. The molecule has 2 saturated carbocycles. The molecule has 0 unspecified atom stereocenters.